The van der Waals surface area contributed by atoms with E-state index in [0.717, 1.165) is 6.42 Å². The van der Waals surface area contributed by atoms with Gasteiger partial charge in [-0.1, -0.05) is 0 Å². The summed E-state index contributed by atoms with van der Waals surface area (Å²) in [6.45, 7) is 0.439. The number of amides is 1. The highest BCUT2D eigenvalue weighted by Gasteiger charge is 2.02. The maximum absolute atomic E-state index is 11.3. The van der Waals surface area contributed by atoms with E-state index in [9.17, 15) is 9.59 Å². The van der Waals surface area contributed by atoms with Gasteiger partial charge in [-0.25, -0.2) is 0 Å². The largest absolute Gasteiger partial charge is 0.481 e. The Hall–Kier alpha value is -1.36. The second-order valence-electron chi connectivity index (χ2n) is 3.48. The van der Waals surface area contributed by atoms with Gasteiger partial charge in [0.25, 0.3) is 0 Å². The summed E-state index contributed by atoms with van der Waals surface area (Å²) in [5.41, 5.74) is 1.17. The number of carbonyl (C=O) groups excluding carboxylic acids is 1. The number of carboxylic acids is 1. The number of carbonyl (C=O) groups is 2. The van der Waals surface area contributed by atoms with Crippen LogP contribution in [0.25, 0.3) is 0 Å². The molecular weight excluding hydrogens is 226 g/mol. The topological polar surface area (TPSA) is 66.4 Å². The van der Waals surface area contributed by atoms with Crippen molar-refractivity contribution in [3.05, 3.63) is 22.4 Å². The molecule has 1 rings (SSSR count). The standard InChI is InChI=1S/C11H15NO3S/c13-10(12-6-1-2-11(14)15)4-3-9-5-7-16-8-9/h5,7-8H,1-4,6H2,(H,12,13)(H,14,15). The first-order valence-corrected chi connectivity index (χ1v) is 6.12. The highest BCUT2D eigenvalue weighted by Crippen LogP contribution is 2.08. The fourth-order valence-electron chi connectivity index (χ4n) is 1.25. The Morgan fingerprint density at radius 1 is 1.38 bits per heavy atom. The summed E-state index contributed by atoms with van der Waals surface area (Å²) in [5, 5.41) is 15.1. The first-order chi connectivity index (χ1) is 7.68. The van der Waals surface area contributed by atoms with Gasteiger partial charge >= 0.3 is 5.97 Å². The molecule has 1 aromatic heterocycles. The molecule has 2 N–H and O–H groups in total. The zero-order valence-electron chi connectivity index (χ0n) is 8.94. The Bertz CT molecular complexity index is 335. The molecule has 0 fully saturated rings. The zero-order valence-corrected chi connectivity index (χ0v) is 9.76. The van der Waals surface area contributed by atoms with E-state index >= 15 is 0 Å². The number of nitrogens with one attached hydrogen (secondary N) is 1. The molecule has 0 saturated carbocycles. The normalized spacial score (nSPS) is 10.0. The number of aryl methyl sites for hydroxylation is 1. The first kappa shape index (κ1) is 12.7. The van der Waals surface area contributed by atoms with Gasteiger partial charge in [0, 0.05) is 19.4 Å². The van der Waals surface area contributed by atoms with Crippen molar-refractivity contribution in [2.45, 2.75) is 25.7 Å². The average Bonchev–Trinajstić information content (AvgIpc) is 2.74. The Balaban J connectivity index is 2.05. The Kier molecular flexibility index (Phi) is 5.56. The zero-order chi connectivity index (χ0) is 11.8. The lowest BCUT2D eigenvalue weighted by Gasteiger charge is -2.03. The van der Waals surface area contributed by atoms with Gasteiger partial charge in [0.2, 0.25) is 5.91 Å². The molecule has 0 spiro atoms. The fourth-order valence-corrected chi connectivity index (χ4v) is 1.95. The lowest BCUT2D eigenvalue weighted by atomic mass is 10.2. The van der Waals surface area contributed by atoms with E-state index in [0.29, 0.717) is 19.4 Å². The smallest absolute Gasteiger partial charge is 0.303 e. The summed E-state index contributed by atoms with van der Waals surface area (Å²) in [6.07, 6.45) is 1.79. The van der Waals surface area contributed by atoms with Crippen LogP contribution in [0.3, 0.4) is 0 Å². The molecular formula is C11H15NO3S. The van der Waals surface area contributed by atoms with E-state index in [2.05, 4.69) is 5.32 Å². The van der Waals surface area contributed by atoms with E-state index in [1.54, 1.807) is 11.3 Å². The average molecular weight is 241 g/mol. The molecule has 1 aromatic rings. The molecule has 5 heteroatoms. The van der Waals surface area contributed by atoms with Crippen LogP contribution >= 0.6 is 11.3 Å². The predicted octanol–water partition coefficient (Wildman–Crippen LogP) is 1.66. The number of carboxylic acid groups (broad SMARTS) is 1. The van der Waals surface area contributed by atoms with Crippen LogP contribution in [-0.2, 0) is 16.0 Å². The van der Waals surface area contributed by atoms with Crippen molar-refractivity contribution in [1.29, 1.82) is 0 Å². The third-order valence-corrected chi connectivity index (χ3v) is 2.84. The molecule has 88 valence electrons. The summed E-state index contributed by atoms with van der Waals surface area (Å²) in [7, 11) is 0. The molecule has 4 nitrogen and oxygen atoms in total. The van der Waals surface area contributed by atoms with E-state index in [4.69, 9.17) is 5.11 Å². The van der Waals surface area contributed by atoms with Crippen molar-refractivity contribution in [3.63, 3.8) is 0 Å². The monoisotopic (exact) mass is 241 g/mol. The Morgan fingerprint density at radius 3 is 2.81 bits per heavy atom. The van der Waals surface area contributed by atoms with E-state index in [-0.39, 0.29) is 12.3 Å². The van der Waals surface area contributed by atoms with E-state index in [1.165, 1.54) is 5.56 Å². The number of aliphatic carboxylic acids is 1. The molecule has 0 aliphatic carbocycles. The SMILES string of the molecule is O=C(O)CCCNC(=O)CCc1ccsc1. The highest BCUT2D eigenvalue weighted by molar-refractivity contribution is 7.07. The van der Waals surface area contributed by atoms with Gasteiger partial charge in [-0.05, 0) is 35.2 Å². The fraction of sp³-hybridized carbons (Fsp3) is 0.455. The third-order valence-electron chi connectivity index (χ3n) is 2.11. The quantitative estimate of drug-likeness (QED) is 0.713. The number of thiophene rings is 1. The van der Waals surface area contributed by atoms with Gasteiger partial charge in [0.1, 0.15) is 0 Å². The van der Waals surface area contributed by atoms with Crippen LogP contribution < -0.4 is 5.32 Å². The molecule has 0 saturated heterocycles. The van der Waals surface area contributed by atoms with Gasteiger partial charge < -0.3 is 10.4 Å². The number of hydrogen-bond donors (Lipinski definition) is 2. The van der Waals surface area contributed by atoms with Crippen molar-refractivity contribution in [1.82, 2.24) is 5.32 Å². The third kappa shape index (κ3) is 5.50. The van der Waals surface area contributed by atoms with Gasteiger partial charge in [0.05, 0.1) is 0 Å². The summed E-state index contributed by atoms with van der Waals surface area (Å²) in [4.78, 5) is 21.5. The van der Waals surface area contributed by atoms with E-state index in [1.807, 2.05) is 16.8 Å². The first-order valence-electron chi connectivity index (χ1n) is 5.18. The molecule has 0 atom stereocenters. The van der Waals surface area contributed by atoms with Crippen LogP contribution in [0.15, 0.2) is 16.8 Å². The Morgan fingerprint density at radius 2 is 2.19 bits per heavy atom. The van der Waals surface area contributed by atoms with Gasteiger partial charge in [0.15, 0.2) is 0 Å². The predicted molar refractivity (Wildman–Crippen MR) is 62.5 cm³/mol. The Labute approximate surface area is 98.3 Å². The number of hydrogen-bond acceptors (Lipinski definition) is 3. The molecule has 16 heavy (non-hydrogen) atoms. The minimum Gasteiger partial charge on any atom is -0.481 e. The second-order valence-corrected chi connectivity index (χ2v) is 4.26. The lowest BCUT2D eigenvalue weighted by Crippen LogP contribution is -2.25. The highest BCUT2D eigenvalue weighted by atomic mass is 32.1. The van der Waals surface area contributed by atoms with Crippen molar-refractivity contribution in [2.75, 3.05) is 6.54 Å². The maximum Gasteiger partial charge on any atom is 0.303 e. The minimum atomic E-state index is -0.826. The molecule has 1 amide bonds. The van der Waals surface area contributed by atoms with Crippen molar-refractivity contribution >= 4 is 23.2 Å². The minimum absolute atomic E-state index is 0.0170. The second kappa shape index (κ2) is 7.00. The summed E-state index contributed by atoms with van der Waals surface area (Å²) >= 11 is 1.62. The molecule has 0 aliphatic heterocycles. The molecule has 0 aliphatic rings. The van der Waals surface area contributed by atoms with Crippen LogP contribution in [0.2, 0.25) is 0 Å². The molecule has 0 unspecified atom stereocenters. The van der Waals surface area contributed by atoms with Crippen LogP contribution in [0, 0.1) is 0 Å². The van der Waals surface area contributed by atoms with Crippen LogP contribution in [0.5, 0.6) is 0 Å². The molecule has 1 heterocycles. The summed E-state index contributed by atoms with van der Waals surface area (Å²) in [6, 6.07) is 2.00. The van der Waals surface area contributed by atoms with Crippen molar-refractivity contribution in [2.24, 2.45) is 0 Å². The van der Waals surface area contributed by atoms with Gasteiger partial charge in [-0.15, -0.1) is 0 Å². The summed E-state index contributed by atoms with van der Waals surface area (Å²) in [5.74, 6) is -0.843. The molecule has 0 aromatic carbocycles. The molecule has 0 radical (unpaired) electrons. The number of rotatable bonds is 7. The van der Waals surface area contributed by atoms with Crippen LogP contribution in [0.1, 0.15) is 24.8 Å². The van der Waals surface area contributed by atoms with Gasteiger partial charge in [-0.2, -0.15) is 11.3 Å². The maximum atomic E-state index is 11.3. The van der Waals surface area contributed by atoms with Crippen LogP contribution in [0.4, 0.5) is 0 Å². The van der Waals surface area contributed by atoms with E-state index < -0.39 is 5.97 Å². The van der Waals surface area contributed by atoms with Crippen LogP contribution in [-0.4, -0.2) is 23.5 Å². The van der Waals surface area contributed by atoms with Crippen molar-refractivity contribution in [3.8, 4) is 0 Å². The summed E-state index contributed by atoms with van der Waals surface area (Å²) < 4.78 is 0. The van der Waals surface area contributed by atoms with Gasteiger partial charge in [-0.3, -0.25) is 9.59 Å². The molecule has 0 bridgehead atoms. The lowest BCUT2D eigenvalue weighted by molar-refractivity contribution is -0.137. The van der Waals surface area contributed by atoms with Crippen molar-refractivity contribution < 1.29 is 14.7 Å².